The summed E-state index contributed by atoms with van der Waals surface area (Å²) in [5.74, 6) is 0. The summed E-state index contributed by atoms with van der Waals surface area (Å²) >= 11 is 1.67. The highest BCUT2D eigenvalue weighted by Crippen LogP contribution is 2.14. The fraction of sp³-hybridized carbons (Fsp3) is 0.273. The molecule has 15 heavy (non-hydrogen) atoms. The van der Waals surface area contributed by atoms with E-state index in [4.69, 9.17) is 0 Å². The molecular weight excluding hydrogens is 206 g/mol. The molecule has 0 amide bonds. The first-order valence-electron chi connectivity index (χ1n) is 4.89. The molecule has 4 heteroatoms. The molecular formula is C11H13N3S. The largest absolute Gasteiger partial charge is 0.302 e. The lowest BCUT2D eigenvalue weighted by atomic mass is 10.3. The second kappa shape index (κ2) is 5.00. The van der Waals surface area contributed by atoms with E-state index in [0.717, 1.165) is 17.2 Å². The van der Waals surface area contributed by atoms with E-state index in [1.165, 1.54) is 0 Å². The Morgan fingerprint density at radius 1 is 1.33 bits per heavy atom. The van der Waals surface area contributed by atoms with E-state index in [2.05, 4.69) is 22.2 Å². The van der Waals surface area contributed by atoms with Crippen LogP contribution in [-0.4, -0.2) is 9.97 Å². The zero-order valence-electron chi connectivity index (χ0n) is 8.55. The number of hydrogen-bond acceptors (Lipinski definition) is 4. The second-order valence-electron chi connectivity index (χ2n) is 3.29. The van der Waals surface area contributed by atoms with Crippen LogP contribution in [0.25, 0.3) is 0 Å². The van der Waals surface area contributed by atoms with Gasteiger partial charge in [0.1, 0.15) is 5.01 Å². The second-order valence-corrected chi connectivity index (χ2v) is 4.22. The standard InChI is InChI=1S/C11H13N3S/c1-9(11-13-6-7-15-11)14-8-10-4-2-3-5-12-10/h2-7,9,14H,8H2,1H3. The molecule has 2 aromatic rings. The third-order valence-electron chi connectivity index (χ3n) is 2.14. The first-order chi connectivity index (χ1) is 7.36. The van der Waals surface area contributed by atoms with Gasteiger partial charge in [0.25, 0.3) is 0 Å². The summed E-state index contributed by atoms with van der Waals surface area (Å²) in [6.07, 6.45) is 3.64. The van der Waals surface area contributed by atoms with Crippen LogP contribution in [-0.2, 0) is 6.54 Å². The Labute approximate surface area is 93.2 Å². The molecule has 0 aliphatic heterocycles. The van der Waals surface area contributed by atoms with Crippen LogP contribution in [0.3, 0.4) is 0 Å². The van der Waals surface area contributed by atoms with Gasteiger partial charge < -0.3 is 5.32 Å². The third kappa shape index (κ3) is 2.84. The summed E-state index contributed by atoms with van der Waals surface area (Å²) in [5.41, 5.74) is 1.06. The van der Waals surface area contributed by atoms with Crippen LogP contribution >= 0.6 is 11.3 Å². The van der Waals surface area contributed by atoms with E-state index in [0.29, 0.717) is 0 Å². The molecule has 0 radical (unpaired) electrons. The quantitative estimate of drug-likeness (QED) is 0.858. The third-order valence-corrected chi connectivity index (χ3v) is 3.10. The first kappa shape index (κ1) is 10.3. The Kier molecular flexibility index (Phi) is 3.42. The molecule has 0 aliphatic carbocycles. The van der Waals surface area contributed by atoms with Crippen LogP contribution in [0, 0.1) is 0 Å². The van der Waals surface area contributed by atoms with Crippen LogP contribution in [0.15, 0.2) is 36.0 Å². The highest BCUT2D eigenvalue weighted by Gasteiger charge is 2.06. The number of hydrogen-bond donors (Lipinski definition) is 1. The SMILES string of the molecule is CC(NCc1ccccn1)c1nccs1. The van der Waals surface area contributed by atoms with Crippen molar-refractivity contribution >= 4 is 11.3 Å². The Morgan fingerprint density at radius 2 is 2.27 bits per heavy atom. The predicted molar refractivity (Wildman–Crippen MR) is 61.6 cm³/mol. The molecule has 3 nitrogen and oxygen atoms in total. The van der Waals surface area contributed by atoms with Crippen LogP contribution in [0.4, 0.5) is 0 Å². The molecule has 1 atom stereocenters. The Hall–Kier alpha value is -1.26. The Bertz CT molecular complexity index is 385. The van der Waals surface area contributed by atoms with Crippen molar-refractivity contribution in [3.63, 3.8) is 0 Å². The van der Waals surface area contributed by atoms with Crippen molar-refractivity contribution in [2.45, 2.75) is 19.5 Å². The van der Waals surface area contributed by atoms with Crippen LogP contribution in [0.2, 0.25) is 0 Å². The van der Waals surface area contributed by atoms with E-state index in [1.807, 2.05) is 36.0 Å². The van der Waals surface area contributed by atoms with Crippen LogP contribution in [0.5, 0.6) is 0 Å². The van der Waals surface area contributed by atoms with Gasteiger partial charge in [-0.2, -0.15) is 0 Å². The maximum Gasteiger partial charge on any atom is 0.109 e. The Morgan fingerprint density at radius 3 is 2.93 bits per heavy atom. The van der Waals surface area contributed by atoms with Gasteiger partial charge >= 0.3 is 0 Å². The van der Waals surface area contributed by atoms with Gasteiger partial charge in [0.2, 0.25) is 0 Å². The first-order valence-corrected chi connectivity index (χ1v) is 5.77. The normalized spacial score (nSPS) is 12.6. The van der Waals surface area contributed by atoms with Gasteiger partial charge in [0.05, 0.1) is 11.7 Å². The molecule has 1 unspecified atom stereocenters. The number of nitrogens with zero attached hydrogens (tertiary/aromatic N) is 2. The summed E-state index contributed by atoms with van der Waals surface area (Å²) in [7, 11) is 0. The smallest absolute Gasteiger partial charge is 0.109 e. The molecule has 2 aromatic heterocycles. The van der Waals surface area contributed by atoms with Crippen molar-refractivity contribution in [3.05, 3.63) is 46.7 Å². The summed E-state index contributed by atoms with van der Waals surface area (Å²) in [4.78, 5) is 8.52. The summed E-state index contributed by atoms with van der Waals surface area (Å²) in [5, 5.41) is 6.50. The number of rotatable bonds is 4. The summed E-state index contributed by atoms with van der Waals surface area (Å²) in [6.45, 7) is 2.89. The molecule has 78 valence electrons. The molecule has 0 bridgehead atoms. The lowest BCUT2D eigenvalue weighted by Gasteiger charge is -2.10. The highest BCUT2D eigenvalue weighted by molar-refractivity contribution is 7.09. The zero-order chi connectivity index (χ0) is 10.5. The van der Waals surface area contributed by atoms with E-state index >= 15 is 0 Å². The minimum Gasteiger partial charge on any atom is -0.302 e. The number of thiazole rings is 1. The van der Waals surface area contributed by atoms with Crippen molar-refractivity contribution in [2.75, 3.05) is 0 Å². The monoisotopic (exact) mass is 219 g/mol. The molecule has 1 N–H and O–H groups in total. The number of aromatic nitrogens is 2. The maximum atomic E-state index is 4.26. The molecule has 2 heterocycles. The van der Waals surface area contributed by atoms with Gasteiger partial charge in [-0.05, 0) is 19.1 Å². The average molecular weight is 219 g/mol. The minimum atomic E-state index is 0.284. The van der Waals surface area contributed by atoms with E-state index in [9.17, 15) is 0 Å². The van der Waals surface area contributed by atoms with Crippen molar-refractivity contribution in [2.24, 2.45) is 0 Å². The number of pyridine rings is 1. The van der Waals surface area contributed by atoms with Gasteiger partial charge in [-0.3, -0.25) is 4.98 Å². The van der Waals surface area contributed by atoms with Crippen molar-refractivity contribution in [3.8, 4) is 0 Å². The fourth-order valence-corrected chi connectivity index (χ4v) is 1.97. The van der Waals surface area contributed by atoms with Gasteiger partial charge in [-0.25, -0.2) is 4.98 Å². The molecule has 0 saturated carbocycles. The topological polar surface area (TPSA) is 37.8 Å². The predicted octanol–water partition coefficient (Wildman–Crippen LogP) is 2.39. The molecule has 0 spiro atoms. The lowest BCUT2D eigenvalue weighted by molar-refractivity contribution is 0.565. The molecule has 0 aliphatic rings. The van der Waals surface area contributed by atoms with Crippen molar-refractivity contribution < 1.29 is 0 Å². The molecule has 0 saturated heterocycles. The van der Waals surface area contributed by atoms with Gasteiger partial charge in [0, 0.05) is 24.3 Å². The van der Waals surface area contributed by atoms with Crippen LogP contribution in [0.1, 0.15) is 23.7 Å². The fourth-order valence-electron chi connectivity index (χ4n) is 1.30. The van der Waals surface area contributed by atoms with E-state index in [-0.39, 0.29) is 6.04 Å². The molecule has 0 fully saturated rings. The van der Waals surface area contributed by atoms with Crippen molar-refractivity contribution in [1.82, 2.24) is 15.3 Å². The van der Waals surface area contributed by atoms with Crippen molar-refractivity contribution in [1.29, 1.82) is 0 Å². The highest BCUT2D eigenvalue weighted by atomic mass is 32.1. The molecule has 0 aromatic carbocycles. The average Bonchev–Trinajstić information content (AvgIpc) is 2.81. The minimum absolute atomic E-state index is 0.284. The van der Waals surface area contributed by atoms with Gasteiger partial charge in [-0.1, -0.05) is 6.07 Å². The Balaban J connectivity index is 1.89. The summed E-state index contributed by atoms with van der Waals surface area (Å²) < 4.78 is 0. The van der Waals surface area contributed by atoms with E-state index in [1.54, 1.807) is 11.3 Å². The number of nitrogens with one attached hydrogen (secondary N) is 1. The van der Waals surface area contributed by atoms with E-state index < -0.39 is 0 Å². The van der Waals surface area contributed by atoms with Crippen LogP contribution < -0.4 is 5.32 Å². The maximum absolute atomic E-state index is 4.26. The molecule has 2 rings (SSSR count). The zero-order valence-corrected chi connectivity index (χ0v) is 9.37. The van der Waals surface area contributed by atoms with Gasteiger partial charge in [0.15, 0.2) is 0 Å². The lowest BCUT2D eigenvalue weighted by Crippen LogP contribution is -2.18. The van der Waals surface area contributed by atoms with Gasteiger partial charge in [-0.15, -0.1) is 11.3 Å². The summed E-state index contributed by atoms with van der Waals surface area (Å²) in [6, 6.07) is 6.22.